The Hall–Kier alpha value is -2.86. The maximum Gasteiger partial charge on any atom is 0.286 e. The van der Waals surface area contributed by atoms with Crippen LogP contribution < -0.4 is 5.32 Å². The molecule has 1 N–H and O–H groups in total. The minimum atomic E-state index is -0.173. The summed E-state index contributed by atoms with van der Waals surface area (Å²) >= 11 is 0. The fourth-order valence-corrected chi connectivity index (χ4v) is 3.71. The molecule has 27 heavy (non-hydrogen) atoms. The van der Waals surface area contributed by atoms with E-state index in [2.05, 4.69) is 57.3 Å². The van der Waals surface area contributed by atoms with Crippen molar-refractivity contribution in [2.45, 2.75) is 32.5 Å². The van der Waals surface area contributed by atoms with Crippen LogP contribution in [0.1, 0.15) is 39.8 Å². The van der Waals surface area contributed by atoms with E-state index in [-0.39, 0.29) is 11.9 Å². The molecule has 0 spiro atoms. The number of benzene rings is 1. The fraction of sp³-hybridized carbons (Fsp3) is 0.333. The summed E-state index contributed by atoms with van der Waals surface area (Å²) in [6.45, 7) is 5.44. The summed E-state index contributed by atoms with van der Waals surface area (Å²) in [4.78, 5) is 14.5. The molecule has 4 rings (SSSR count). The molecule has 0 aliphatic carbocycles. The van der Waals surface area contributed by atoms with Gasteiger partial charge in [0.05, 0.1) is 18.0 Å². The average molecular weight is 364 g/mol. The van der Waals surface area contributed by atoms with Gasteiger partial charge < -0.3 is 9.73 Å². The maximum atomic E-state index is 12.0. The van der Waals surface area contributed by atoms with Crippen LogP contribution in [-0.4, -0.2) is 33.7 Å². The lowest BCUT2D eigenvalue weighted by Gasteiger charge is -2.34. The monoisotopic (exact) mass is 364 g/mol. The number of aromatic nitrogens is 2. The number of rotatable bonds is 6. The smallest absolute Gasteiger partial charge is 0.286 e. The molecule has 140 valence electrons. The van der Waals surface area contributed by atoms with Gasteiger partial charge in [-0.2, -0.15) is 5.10 Å². The molecule has 2 aromatic heterocycles. The molecule has 1 aliphatic heterocycles. The number of hydrogen-bond acceptors (Lipinski definition) is 4. The van der Waals surface area contributed by atoms with Crippen LogP contribution in [0.4, 0.5) is 0 Å². The average Bonchev–Trinajstić information content (AvgIpc) is 3.33. The van der Waals surface area contributed by atoms with E-state index in [1.807, 2.05) is 6.20 Å². The Balaban J connectivity index is 1.39. The molecule has 1 amide bonds. The van der Waals surface area contributed by atoms with Gasteiger partial charge in [0.1, 0.15) is 0 Å². The zero-order valence-corrected chi connectivity index (χ0v) is 15.5. The largest absolute Gasteiger partial charge is 0.459 e. The van der Waals surface area contributed by atoms with Crippen LogP contribution in [0, 0.1) is 6.92 Å². The van der Waals surface area contributed by atoms with E-state index in [1.54, 1.807) is 12.1 Å². The van der Waals surface area contributed by atoms with Gasteiger partial charge in [-0.3, -0.25) is 14.4 Å². The molecule has 6 heteroatoms. The third-order valence-electron chi connectivity index (χ3n) is 4.95. The van der Waals surface area contributed by atoms with Gasteiger partial charge in [-0.15, -0.1) is 0 Å². The second-order valence-corrected chi connectivity index (χ2v) is 7.10. The van der Waals surface area contributed by atoms with Crippen molar-refractivity contribution in [1.29, 1.82) is 0 Å². The number of carbonyl (C=O) groups is 1. The van der Waals surface area contributed by atoms with E-state index in [1.165, 1.54) is 23.1 Å². The molecule has 1 aromatic carbocycles. The quantitative estimate of drug-likeness (QED) is 0.730. The van der Waals surface area contributed by atoms with Crippen molar-refractivity contribution < 1.29 is 9.21 Å². The number of aryl methyl sites for hydroxylation is 1. The van der Waals surface area contributed by atoms with Gasteiger partial charge in [-0.25, -0.2) is 0 Å². The van der Waals surface area contributed by atoms with Crippen LogP contribution in [0.3, 0.4) is 0 Å². The molecule has 6 nitrogen and oxygen atoms in total. The molecule has 1 aliphatic rings. The van der Waals surface area contributed by atoms with Crippen molar-refractivity contribution in [3.05, 3.63) is 77.5 Å². The van der Waals surface area contributed by atoms with Gasteiger partial charge in [-0.05, 0) is 37.1 Å². The van der Waals surface area contributed by atoms with Crippen LogP contribution in [0.15, 0.2) is 59.3 Å². The Labute approximate surface area is 158 Å². The normalized spacial score (nSPS) is 16.9. The minimum Gasteiger partial charge on any atom is -0.459 e. The van der Waals surface area contributed by atoms with Crippen molar-refractivity contribution in [3.8, 4) is 0 Å². The Kier molecular flexibility index (Phi) is 5.07. The first-order chi connectivity index (χ1) is 13.2. The molecule has 3 heterocycles. The van der Waals surface area contributed by atoms with Crippen LogP contribution in [0.2, 0.25) is 0 Å². The maximum absolute atomic E-state index is 12.0. The highest BCUT2D eigenvalue weighted by atomic mass is 16.3. The van der Waals surface area contributed by atoms with Crippen LogP contribution in [0.5, 0.6) is 0 Å². The second kappa shape index (κ2) is 7.80. The van der Waals surface area contributed by atoms with Crippen molar-refractivity contribution in [2.75, 3.05) is 13.1 Å². The summed E-state index contributed by atoms with van der Waals surface area (Å²) in [5.74, 6) is 0.174. The topological polar surface area (TPSA) is 63.3 Å². The highest BCUT2D eigenvalue weighted by molar-refractivity contribution is 5.91. The van der Waals surface area contributed by atoms with Crippen molar-refractivity contribution in [2.24, 2.45) is 0 Å². The molecule has 0 bridgehead atoms. The lowest BCUT2D eigenvalue weighted by atomic mass is 10.1. The standard InChI is InChI=1S/C21H24N4O2/c1-16-4-2-5-17(12-16)13-24-14-18(25-19(15-24)8-10-23-25)7-9-22-21(26)20-6-3-11-27-20/h2-6,8,10-12,18H,7,9,13-15H2,1H3,(H,22,26)/t18-/m1/s1. The van der Waals surface area contributed by atoms with E-state index in [0.29, 0.717) is 12.3 Å². The summed E-state index contributed by atoms with van der Waals surface area (Å²) in [7, 11) is 0. The highest BCUT2D eigenvalue weighted by Gasteiger charge is 2.25. The zero-order chi connectivity index (χ0) is 18.6. The number of carbonyl (C=O) groups excluding carboxylic acids is 1. The van der Waals surface area contributed by atoms with Crippen molar-refractivity contribution in [3.63, 3.8) is 0 Å². The van der Waals surface area contributed by atoms with Gasteiger partial charge >= 0.3 is 0 Å². The fourth-order valence-electron chi connectivity index (χ4n) is 3.71. The van der Waals surface area contributed by atoms with E-state index in [0.717, 1.165) is 26.1 Å². The summed E-state index contributed by atoms with van der Waals surface area (Å²) in [5.41, 5.74) is 3.83. The van der Waals surface area contributed by atoms with Crippen molar-refractivity contribution >= 4 is 5.91 Å². The lowest BCUT2D eigenvalue weighted by molar-refractivity contribution is 0.0919. The van der Waals surface area contributed by atoms with Crippen LogP contribution >= 0.6 is 0 Å². The van der Waals surface area contributed by atoms with Gasteiger partial charge in [0.2, 0.25) is 0 Å². The molecule has 0 unspecified atom stereocenters. The Morgan fingerprint density at radius 1 is 1.30 bits per heavy atom. The highest BCUT2D eigenvalue weighted by Crippen LogP contribution is 2.24. The van der Waals surface area contributed by atoms with Crippen LogP contribution in [0.25, 0.3) is 0 Å². The molecule has 0 fully saturated rings. The third kappa shape index (κ3) is 4.11. The Bertz CT molecular complexity index is 901. The summed E-state index contributed by atoms with van der Waals surface area (Å²) in [6.07, 6.45) is 4.20. The molecule has 0 saturated carbocycles. The van der Waals surface area contributed by atoms with Crippen LogP contribution in [-0.2, 0) is 13.1 Å². The SMILES string of the molecule is Cc1cccc(CN2Cc3ccnn3[C@H](CCNC(=O)c3ccco3)C2)c1. The minimum absolute atomic E-state index is 0.173. The van der Waals surface area contributed by atoms with E-state index in [4.69, 9.17) is 4.42 Å². The Morgan fingerprint density at radius 3 is 3.04 bits per heavy atom. The first kappa shape index (κ1) is 17.5. The predicted octanol–water partition coefficient (Wildman–Crippen LogP) is 3.16. The molecule has 0 radical (unpaired) electrons. The number of furan rings is 1. The number of amides is 1. The third-order valence-corrected chi connectivity index (χ3v) is 4.95. The van der Waals surface area contributed by atoms with Gasteiger partial charge in [-0.1, -0.05) is 29.8 Å². The summed E-state index contributed by atoms with van der Waals surface area (Å²) < 4.78 is 7.24. The first-order valence-corrected chi connectivity index (χ1v) is 9.31. The lowest BCUT2D eigenvalue weighted by Crippen LogP contribution is -2.38. The molecule has 1 atom stereocenters. The van der Waals surface area contributed by atoms with Gasteiger partial charge in [0, 0.05) is 32.4 Å². The molecular formula is C21H24N4O2. The number of hydrogen-bond donors (Lipinski definition) is 1. The molecule has 0 saturated heterocycles. The first-order valence-electron chi connectivity index (χ1n) is 9.31. The summed E-state index contributed by atoms with van der Waals surface area (Å²) in [6, 6.07) is 14.4. The van der Waals surface area contributed by atoms with E-state index in [9.17, 15) is 4.79 Å². The molecule has 3 aromatic rings. The van der Waals surface area contributed by atoms with Crippen molar-refractivity contribution in [1.82, 2.24) is 20.0 Å². The van der Waals surface area contributed by atoms with Gasteiger partial charge in [0.25, 0.3) is 5.91 Å². The Morgan fingerprint density at radius 2 is 2.22 bits per heavy atom. The second-order valence-electron chi connectivity index (χ2n) is 7.10. The predicted molar refractivity (Wildman–Crippen MR) is 102 cm³/mol. The van der Waals surface area contributed by atoms with E-state index >= 15 is 0 Å². The zero-order valence-electron chi connectivity index (χ0n) is 15.5. The summed E-state index contributed by atoms with van der Waals surface area (Å²) in [5, 5.41) is 7.44. The van der Waals surface area contributed by atoms with E-state index < -0.39 is 0 Å². The number of nitrogens with zero attached hydrogens (tertiary/aromatic N) is 3. The van der Waals surface area contributed by atoms with Gasteiger partial charge in [0.15, 0.2) is 5.76 Å². The number of nitrogens with one attached hydrogen (secondary N) is 1. The molecular weight excluding hydrogens is 340 g/mol. The number of fused-ring (bicyclic) bond motifs is 1.